The van der Waals surface area contributed by atoms with Crippen molar-refractivity contribution in [2.75, 3.05) is 5.32 Å². The Morgan fingerprint density at radius 2 is 1.94 bits per heavy atom. The number of anilines is 2. The number of hydrogen-bond donors (Lipinski definition) is 2. The molecule has 11 nitrogen and oxygen atoms in total. The fourth-order valence-corrected chi connectivity index (χ4v) is 3.64. The van der Waals surface area contributed by atoms with Crippen LogP contribution in [0.3, 0.4) is 0 Å². The first-order chi connectivity index (χ1) is 16.5. The number of carbonyl (C=O) groups excluding carboxylic acids is 1. The summed E-state index contributed by atoms with van der Waals surface area (Å²) in [5, 5.41) is 14.5. The smallest absolute Gasteiger partial charge is 0.293 e. The van der Waals surface area contributed by atoms with Crippen LogP contribution in [0.25, 0.3) is 11.4 Å². The standard InChI is InChI=1S/C23H26ClN9O2/c1-12-14(13(2)27-20(34)19-29-21(35-32-19)23(3,4)5)7-8-15(17(12)24)18-25-11-26-22(30-18)28-16-9-10-33(6)31-16/h7-11,13H,1-6H3,(H,27,34)(H,25,26,28,30,31)/t13-/m0/s1. The molecule has 0 saturated heterocycles. The normalized spacial score (nSPS) is 12.4. The quantitative estimate of drug-likeness (QED) is 0.404. The van der Waals surface area contributed by atoms with E-state index in [0.29, 0.717) is 34.1 Å². The Kier molecular flexibility index (Phi) is 6.53. The second-order valence-electron chi connectivity index (χ2n) is 9.14. The van der Waals surface area contributed by atoms with E-state index >= 15 is 0 Å². The van der Waals surface area contributed by atoms with Crippen LogP contribution in [-0.2, 0) is 12.5 Å². The molecule has 12 heteroatoms. The molecule has 0 radical (unpaired) electrons. The van der Waals surface area contributed by atoms with E-state index in [1.807, 2.05) is 66.1 Å². The van der Waals surface area contributed by atoms with Crippen molar-refractivity contribution in [1.82, 2.24) is 40.2 Å². The zero-order chi connectivity index (χ0) is 25.3. The molecular weight excluding hydrogens is 470 g/mol. The summed E-state index contributed by atoms with van der Waals surface area (Å²) in [5.74, 6) is 1.33. The molecule has 4 rings (SSSR count). The third kappa shape index (κ3) is 5.29. The summed E-state index contributed by atoms with van der Waals surface area (Å²) in [6.07, 6.45) is 3.22. The van der Waals surface area contributed by atoms with Crippen LogP contribution in [0.1, 0.15) is 61.4 Å². The average Bonchev–Trinajstić information content (AvgIpc) is 3.45. The number of nitrogens with zero attached hydrogens (tertiary/aromatic N) is 7. The van der Waals surface area contributed by atoms with Crippen molar-refractivity contribution in [2.24, 2.45) is 7.05 Å². The first-order valence-corrected chi connectivity index (χ1v) is 11.3. The lowest BCUT2D eigenvalue weighted by Crippen LogP contribution is -2.28. The predicted octanol–water partition coefficient (Wildman–Crippen LogP) is 4.15. The molecule has 0 unspecified atom stereocenters. The molecule has 3 heterocycles. The van der Waals surface area contributed by atoms with Crippen LogP contribution in [0.2, 0.25) is 5.02 Å². The minimum Gasteiger partial charge on any atom is -0.343 e. The highest BCUT2D eigenvalue weighted by atomic mass is 35.5. The van der Waals surface area contributed by atoms with Crippen molar-refractivity contribution in [3.05, 3.63) is 58.6 Å². The molecule has 182 valence electrons. The van der Waals surface area contributed by atoms with Gasteiger partial charge in [-0.2, -0.15) is 15.1 Å². The number of benzene rings is 1. The van der Waals surface area contributed by atoms with Gasteiger partial charge in [-0.25, -0.2) is 9.97 Å². The van der Waals surface area contributed by atoms with E-state index in [0.717, 1.165) is 11.1 Å². The maximum atomic E-state index is 12.7. The summed E-state index contributed by atoms with van der Waals surface area (Å²) in [7, 11) is 1.82. The second-order valence-corrected chi connectivity index (χ2v) is 9.52. The lowest BCUT2D eigenvalue weighted by Gasteiger charge is -2.18. The van der Waals surface area contributed by atoms with Gasteiger partial charge in [-0.3, -0.25) is 9.48 Å². The molecule has 0 aliphatic rings. The first kappa shape index (κ1) is 24.3. The summed E-state index contributed by atoms with van der Waals surface area (Å²) in [6, 6.07) is 5.15. The van der Waals surface area contributed by atoms with Gasteiger partial charge >= 0.3 is 0 Å². The minimum absolute atomic E-state index is 0.0136. The first-order valence-electron chi connectivity index (χ1n) is 10.9. The summed E-state index contributed by atoms with van der Waals surface area (Å²) < 4.78 is 6.89. The molecule has 4 aromatic rings. The zero-order valence-corrected chi connectivity index (χ0v) is 21.0. The molecule has 3 aromatic heterocycles. The number of carbonyl (C=O) groups is 1. The highest BCUT2D eigenvalue weighted by Gasteiger charge is 2.25. The molecule has 0 aliphatic heterocycles. The lowest BCUT2D eigenvalue weighted by atomic mass is 9.97. The van der Waals surface area contributed by atoms with Gasteiger partial charge in [-0.1, -0.05) is 43.6 Å². The summed E-state index contributed by atoms with van der Waals surface area (Å²) in [5.41, 5.74) is 1.93. The van der Waals surface area contributed by atoms with Crippen LogP contribution in [0.5, 0.6) is 0 Å². The van der Waals surface area contributed by atoms with Crippen LogP contribution in [-0.4, -0.2) is 40.8 Å². The highest BCUT2D eigenvalue weighted by Crippen LogP contribution is 2.33. The Bertz CT molecular complexity index is 1370. The van der Waals surface area contributed by atoms with E-state index in [1.165, 1.54) is 6.33 Å². The number of nitrogens with one attached hydrogen (secondary N) is 2. The maximum absolute atomic E-state index is 12.7. The van der Waals surface area contributed by atoms with Crippen molar-refractivity contribution in [2.45, 2.75) is 46.1 Å². The minimum atomic E-state index is -0.431. The molecule has 1 atom stereocenters. The van der Waals surface area contributed by atoms with Gasteiger partial charge in [0.2, 0.25) is 11.8 Å². The predicted molar refractivity (Wildman–Crippen MR) is 130 cm³/mol. The van der Waals surface area contributed by atoms with Gasteiger partial charge in [0.1, 0.15) is 6.33 Å². The molecule has 0 aliphatic carbocycles. The highest BCUT2D eigenvalue weighted by molar-refractivity contribution is 6.34. The number of rotatable bonds is 6. The van der Waals surface area contributed by atoms with Gasteiger partial charge in [0, 0.05) is 30.3 Å². The SMILES string of the molecule is Cc1c([C@H](C)NC(=O)c2noc(C(C)(C)C)n2)ccc(-c2ncnc(Nc3ccn(C)n3)n2)c1Cl. The van der Waals surface area contributed by atoms with Gasteiger partial charge in [-0.15, -0.1) is 0 Å². The van der Waals surface area contributed by atoms with Gasteiger partial charge in [0.15, 0.2) is 11.6 Å². The van der Waals surface area contributed by atoms with Gasteiger partial charge in [0.05, 0.1) is 11.1 Å². The van der Waals surface area contributed by atoms with Crippen LogP contribution in [0.4, 0.5) is 11.8 Å². The monoisotopic (exact) mass is 495 g/mol. The van der Waals surface area contributed by atoms with Crippen LogP contribution in [0.15, 0.2) is 35.2 Å². The Hall–Kier alpha value is -3.86. The number of halogens is 1. The Morgan fingerprint density at radius 1 is 1.17 bits per heavy atom. The van der Waals surface area contributed by atoms with Crippen LogP contribution >= 0.6 is 11.6 Å². The molecule has 35 heavy (non-hydrogen) atoms. The van der Waals surface area contributed by atoms with E-state index < -0.39 is 5.91 Å². The summed E-state index contributed by atoms with van der Waals surface area (Å²) >= 11 is 6.71. The van der Waals surface area contributed by atoms with Crippen molar-refractivity contribution in [3.63, 3.8) is 0 Å². The van der Waals surface area contributed by atoms with E-state index in [4.69, 9.17) is 16.1 Å². The van der Waals surface area contributed by atoms with Crippen molar-refractivity contribution < 1.29 is 9.32 Å². The third-order valence-corrected chi connectivity index (χ3v) is 5.77. The molecule has 0 fully saturated rings. The van der Waals surface area contributed by atoms with Crippen LogP contribution in [0, 0.1) is 6.92 Å². The average molecular weight is 496 g/mol. The number of aryl methyl sites for hydroxylation is 1. The van der Waals surface area contributed by atoms with Crippen molar-refractivity contribution >= 4 is 29.3 Å². The van der Waals surface area contributed by atoms with Gasteiger partial charge in [-0.05, 0) is 31.0 Å². The summed E-state index contributed by atoms with van der Waals surface area (Å²) in [4.78, 5) is 29.8. The Balaban J connectivity index is 1.53. The number of aromatic nitrogens is 7. The van der Waals surface area contributed by atoms with Crippen molar-refractivity contribution in [3.8, 4) is 11.4 Å². The third-order valence-electron chi connectivity index (χ3n) is 5.28. The Labute approximate surface area is 207 Å². The molecule has 1 aromatic carbocycles. The van der Waals surface area contributed by atoms with Gasteiger partial charge in [0.25, 0.3) is 11.7 Å². The number of hydrogen-bond acceptors (Lipinski definition) is 9. The largest absolute Gasteiger partial charge is 0.343 e. The van der Waals surface area contributed by atoms with E-state index in [9.17, 15) is 4.79 Å². The molecule has 0 saturated carbocycles. The topological polar surface area (TPSA) is 137 Å². The molecule has 0 spiro atoms. The summed E-state index contributed by atoms with van der Waals surface area (Å²) in [6.45, 7) is 9.54. The van der Waals surface area contributed by atoms with Gasteiger partial charge < -0.3 is 15.2 Å². The maximum Gasteiger partial charge on any atom is 0.293 e. The molecule has 0 bridgehead atoms. The van der Waals surface area contributed by atoms with Crippen molar-refractivity contribution in [1.29, 1.82) is 0 Å². The molecule has 1 amide bonds. The lowest BCUT2D eigenvalue weighted by molar-refractivity contribution is 0.0926. The fourth-order valence-electron chi connectivity index (χ4n) is 3.38. The molecule has 2 N–H and O–H groups in total. The fraction of sp³-hybridized carbons (Fsp3) is 0.348. The molecular formula is C23H26ClN9O2. The van der Waals surface area contributed by atoms with E-state index in [1.54, 1.807) is 4.68 Å². The van der Waals surface area contributed by atoms with Crippen LogP contribution < -0.4 is 10.6 Å². The zero-order valence-electron chi connectivity index (χ0n) is 20.3. The van der Waals surface area contributed by atoms with E-state index in [-0.39, 0.29) is 17.3 Å². The van der Waals surface area contributed by atoms with E-state index in [2.05, 4.69) is 40.8 Å². The second kappa shape index (κ2) is 9.41. The number of amides is 1. The Morgan fingerprint density at radius 3 is 2.60 bits per heavy atom.